The predicted octanol–water partition coefficient (Wildman–Crippen LogP) is 4.18. The van der Waals surface area contributed by atoms with Crippen molar-refractivity contribution < 1.29 is 43.1 Å². The lowest BCUT2D eigenvalue weighted by Gasteiger charge is -2.30. The van der Waals surface area contributed by atoms with Gasteiger partial charge in [-0.1, -0.05) is 74.5 Å². The number of esters is 2. The Labute approximate surface area is 257 Å². The van der Waals surface area contributed by atoms with Gasteiger partial charge in [0.2, 0.25) is 5.91 Å². The van der Waals surface area contributed by atoms with E-state index in [-0.39, 0.29) is 38.9 Å². The summed E-state index contributed by atoms with van der Waals surface area (Å²) in [6.45, 7) is 6.98. The first kappa shape index (κ1) is 34.0. The van der Waals surface area contributed by atoms with Gasteiger partial charge in [0.15, 0.2) is 0 Å². The van der Waals surface area contributed by atoms with Gasteiger partial charge >= 0.3 is 17.9 Å². The molecule has 1 N–H and O–H groups in total. The highest BCUT2D eigenvalue weighted by molar-refractivity contribution is 6.01. The summed E-state index contributed by atoms with van der Waals surface area (Å²) in [6.07, 6.45) is -0.0426. The summed E-state index contributed by atoms with van der Waals surface area (Å²) >= 11 is 0. The Bertz CT molecular complexity index is 1320. The molecule has 1 fully saturated rings. The van der Waals surface area contributed by atoms with Crippen molar-refractivity contribution in [3.05, 3.63) is 71.8 Å². The van der Waals surface area contributed by atoms with Crippen LogP contribution in [0.25, 0.3) is 0 Å². The summed E-state index contributed by atoms with van der Waals surface area (Å²) in [5, 5.41) is 3.12. The third-order valence-electron chi connectivity index (χ3n) is 7.40. The zero-order valence-corrected chi connectivity index (χ0v) is 25.6. The van der Waals surface area contributed by atoms with Crippen molar-refractivity contribution in [1.82, 2.24) is 10.4 Å². The van der Waals surface area contributed by atoms with Crippen LogP contribution in [-0.4, -0.2) is 46.7 Å². The van der Waals surface area contributed by atoms with Crippen molar-refractivity contribution in [3.8, 4) is 0 Å². The van der Waals surface area contributed by atoms with Crippen LogP contribution in [0.4, 0.5) is 0 Å². The Balaban J connectivity index is 1.60. The van der Waals surface area contributed by atoms with E-state index in [9.17, 15) is 28.8 Å². The molecule has 1 aliphatic heterocycles. The standard InChI is InChI=1S/C33H40N2O9/c1-32(2,19-20-33(3,4)31(41)43-22-24-13-9-6-10-14-24)30(40)34-25(29(39)42-21-23-11-7-5-8-12-23)15-18-28(38)44-35-26(36)16-17-27(35)37/h5-14,25H,15-22H2,1-4H3,(H,34,40)/t25-/m0/s1. The number of benzene rings is 2. The van der Waals surface area contributed by atoms with Gasteiger partial charge in [0.1, 0.15) is 19.3 Å². The van der Waals surface area contributed by atoms with Crippen LogP contribution in [0, 0.1) is 10.8 Å². The minimum Gasteiger partial charge on any atom is -0.460 e. The third-order valence-corrected chi connectivity index (χ3v) is 7.40. The molecule has 3 rings (SSSR count). The molecule has 0 radical (unpaired) electrons. The number of nitrogens with zero attached hydrogens (tertiary/aromatic N) is 1. The topological polar surface area (TPSA) is 145 Å². The number of hydrogen-bond acceptors (Lipinski definition) is 9. The largest absolute Gasteiger partial charge is 0.460 e. The number of rotatable bonds is 15. The number of imide groups is 1. The number of hydroxylamine groups is 2. The van der Waals surface area contributed by atoms with Gasteiger partial charge < -0.3 is 19.6 Å². The molecular weight excluding hydrogens is 568 g/mol. The summed E-state index contributed by atoms with van der Waals surface area (Å²) in [5.41, 5.74) is -0.291. The number of hydrogen-bond donors (Lipinski definition) is 1. The second-order valence-corrected chi connectivity index (χ2v) is 12.0. The zero-order valence-electron chi connectivity index (χ0n) is 25.6. The molecule has 1 atom stereocenters. The van der Waals surface area contributed by atoms with Gasteiger partial charge in [0.05, 0.1) is 11.8 Å². The molecule has 2 aromatic rings. The highest BCUT2D eigenvalue weighted by Crippen LogP contribution is 2.32. The van der Waals surface area contributed by atoms with Crippen LogP contribution in [0.15, 0.2) is 60.7 Å². The Hall–Kier alpha value is -4.54. The van der Waals surface area contributed by atoms with Gasteiger partial charge in [-0.15, -0.1) is 5.06 Å². The fraction of sp³-hybridized carbons (Fsp3) is 0.455. The average molecular weight is 609 g/mol. The molecule has 11 heteroatoms. The molecule has 0 aromatic heterocycles. The normalized spacial score (nSPS) is 14.1. The summed E-state index contributed by atoms with van der Waals surface area (Å²) in [6, 6.07) is 17.1. The maximum absolute atomic E-state index is 13.4. The van der Waals surface area contributed by atoms with E-state index >= 15 is 0 Å². The number of nitrogens with one attached hydrogen (secondary N) is 1. The van der Waals surface area contributed by atoms with E-state index in [0.717, 1.165) is 11.1 Å². The second-order valence-electron chi connectivity index (χ2n) is 12.0. The van der Waals surface area contributed by atoms with E-state index in [4.69, 9.17) is 14.3 Å². The Morgan fingerprint density at radius 3 is 1.82 bits per heavy atom. The van der Waals surface area contributed by atoms with Gasteiger partial charge in [-0.05, 0) is 44.2 Å². The molecule has 0 aliphatic carbocycles. The first-order chi connectivity index (χ1) is 20.8. The van der Waals surface area contributed by atoms with E-state index in [1.54, 1.807) is 52.0 Å². The highest BCUT2D eigenvalue weighted by Gasteiger charge is 2.37. The van der Waals surface area contributed by atoms with Crippen molar-refractivity contribution in [2.45, 2.75) is 85.5 Å². The fourth-order valence-electron chi connectivity index (χ4n) is 4.26. The van der Waals surface area contributed by atoms with Crippen molar-refractivity contribution >= 4 is 35.6 Å². The molecule has 0 bridgehead atoms. The number of carbonyl (C=O) groups excluding carboxylic acids is 6. The van der Waals surface area contributed by atoms with Crippen LogP contribution in [0.3, 0.4) is 0 Å². The van der Waals surface area contributed by atoms with Crippen molar-refractivity contribution in [2.75, 3.05) is 0 Å². The second kappa shape index (κ2) is 15.3. The van der Waals surface area contributed by atoms with Crippen molar-refractivity contribution in [3.63, 3.8) is 0 Å². The first-order valence-electron chi connectivity index (χ1n) is 14.6. The fourth-order valence-corrected chi connectivity index (χ4v) is 4.26. The summed E-state index contributed by atoms with van der Waals surface area (Å²) in [5.74, 6) is -3.78. The van der Waals surface area contributed by atoms with Gasteiger partial charge in [-0.2, -0.15) is 0 Å². The Kier molecular flexibility index (Phi) is 11.8. The lowest BCUT2D eigenvalue weighted by molar-refractivity contribution is -0.197. The molecule has 1 saturated heterocycles. The van der Waals surface area contributed by atoms with Crippen LogP contribution in [-0.2, 0) is 56.3 Å². The smallest absolute Gasteiger partial charge is 0.333 e. The molecule has 3 amide bonds. The zero-order chi connectivity index (χ0) is 32.3. The minimum atomic E-state index is -1.22. The molecule has 2 aromatic carbocycles. The lowest BCUT2D eigenvalue weighted by Crippen LogP contribution is -2.48. The van der Waals surface area contributed by atoms with E-state index in [0.29, 0.717) is 17.9 Å². The molecule has 0 saturated carbocycles. The Morgan fingerprint density at radius 2 is 1.27 bits per heavy atom. The van der Waals surface area contributed by atoms with Gasteiger partial charge in [-0.3, -0.25) is 19.2 Å². The van der Waals surface area contributed by atoms with Crippen LogP contribution < -0.4 is 5.32 Å². The number of amides is 3. The molecule has 11 nitrogen and oxygen atoms in total. The molecule has 1 aliphatic rings. The van der Waals surface area contributed by atoms with E-state index in [1.807, 2.05) is 36.4 Å². The summed E-state index contributed by atoms with van der Waals surface area (Å²) in [4.78, 5) is 80.2. The summed E-state index contributed by atoms with van der Waals surface area (Å²) in [7, 11) is 0. The first-order valence-corrected chi connectivity index (χ1v) is 14.6. The molecule has 236 valence electrons. The van der Waals surface area contributed by atoms with E-state index in [1.165, 1.54) is 0 Å². The van der Waals surface area contributed by atoms with Gasteiger partial charge in [0, 0.05) is 18.3 Å². The van der Waals surface area contributed by atoms with Crippen LogP contribution in [0.1, 0.15) is 77.3 Å². The maximum atomic E-state index is 13.4. The molecule has 0 spiro atoms. The molecule has 0 unspecified atom stereocenters. The average Bonchev–Trinajstić information content (AvgIpc) is 3.32. The maximum Gasteiger partial charge on any atom is 0.333 e. The van der Waals surface area contributed by atoms with Gasteiger partial charge in [0.25, 0.3) is 11.8 Å². The lowest BCUT2D eigenvalue weighted by atomic mass is 9.78. The Morgan fingerprint density at radius 1 is 0.773 bits per heavy atom. The quantitative estimate of drug-likeness (QED) is 0.232. The van der Waals surface area contributed by atoms with Crippen LogP contribution >= 0.6 is 0 Å². The summed E-state index contributed by atoms with van der Waals surface area (Å²) < 4.78 is 10.9. The van der Waals surface area contributed by atoms with Crippen molar-refractivity contribution in [2.24, 2.45) is 10.8 Å². The number of carbonyl (C=O) groups is 6. The molecule has 44 heavy (non-hydrogen) atoms. The van der Waals surface area contributed by atoms with E-state index < -0.39 is 52.5 Å². The SMILES string of the molecule is CC(C)(CCC(C)(C)C(=O)OCc1ccccc1)C(=O)N[C@@H](CCC(=O)ON1C(=O)CCC1=O)C(=O)OCc1ccccc1. The molecule has 1 heterocycles. The third kappa shape index (κ3) is 10.0. The number of ether oxygens (including phenoxy) is 2. The minimum absolute atomic E-state index is 0.0457. The van der Waals surface area contributed by atoms with Crippen LogP contribution in [0.2, 0.25) is 0 Å². The monoisotopic (exact) mass is 608 g/mol. The molecular formula is C33H40N2O9. The predicted molar refractivity (Wildman–Crippen MR) is 158 cm³/mol. The highest BCUT2D eigenvalue weighted by atomic mass is 16.7. The van der Waals surface area contributed by atoms with Crippen LogP contribution in [0.5, 0.6) is 0 Å². The van der Waals surface area contributed by atoms with Gasteiger partial charge in [-0.25, -0.2) is 9.59 Å². The van der Waals surface area contributed by atoms with E-state index in [2.05, 4.69) is 5.32 Å². The van der Waals surface area contributed by atoms with Crippen molar-refractivity contribution in [1.29, 1.82) is 0 Å².